The number of esters is 1. The molecule has 2 aliphatic rings. The molecule has 0 spiro atoms. The fourth-order valence-corrected chi connectivity index (χ4v) is 2.76. The van der Waals surface area contributed by atoms with Gasteiger partial charge >= 0.3 is 5.97 Å². The van der Waals surface area contributed by atoms with Crippen LogP contribution in [0.1, 0.15) is 13.3 Å². The molecule has 0 aromatic heterocycles. The molecular formula is C11H16O3. The number of carbonyl (C=O) groups excluding carboxylic acids is 1. The first kappa shape index (κ1) is 9.71. The zero-order valence-corrected chi connectivity index (χ0v) is 8.35. The maximum atomic E-state index is 10.7. The van der Waals surface area contributed by atoms with Crippen molar-refractivity contribution in [1.29, 1.82) is 0 Å². The van der Waals surface area contributed by atoms with Gasteiger partial charge in [-0.05, 0) is 24.2 Å². The van der Waals surface area contributed by atoms with Gasteiger partial charge in [0, 0.05) is 19.4 Å². The van der Waals surface area contributed by atoms with Gasteiger partial charge in [0.1, 0.15) is 0 Å². The zero-order chi connectivity index (χ0) is 10.1. The van der Waals surface area contributed by atoms with Crippen molar-refractivity contribution >= 4 is 5.97 Å². The van der Waals surface area contributed by atoms with Crippen LogP contribution in [0.15, 0.2) is 12.2 Å². The molecule has 4 atom stereocenters. The second-order valence-corrected chi connectivity index (χ2v) is 4.26. The van der Waals surface area contributed by atoms with Crippen molar-refractivity contribution in [3.05, 3.63) is 12.2 Å². The number of aliphatic hydroxyl groups excluding tert-OH is 1. The van der Waals surface area contributed by atoms with Crippen molar-refractivity contribution in [3.8, 4) is 0 Å². The number of rotatable bonds is 3. The Morgan fingerprint density at radius 2 is 2.07 bits per heavy atom. The summed E-state index contributed by atoms with van der Waals surface area (Å²) >= 11 is 0. The second-order valence-electron chi connectivity index (χ2n) is 4.26. The van der Waals surface area contributed by atoms with E-state index in [9.17, 15) is 9.90 Å². The first-order valence-corrected chi connectivity index (χ1v) is 5.15. The van der Waals surface area contributed by atoms with Crippen molar-refractivity contribution < 1.29 is 14.6 Å². The average molecular weight is 196 g/mol. The molecule has 0 aromatic rings. The normalized spacial score (nSPS) is 39.0. The van der Waals surface area contributed by atoms with Crippen LogP contribution in [0.5, 0.6) is 0 Å². The largest absolute Gasteiger partial charge is 0.466 e. The highest BCUT2D eigenvalue weighted by atomic mass is 16.5. The van der Waals surface area contributed by atoms with E-state index < -0.39 is 0 Å². The fourth-order valence-electron chi connectivity index (χ4n) is 2.76. The molecule has 0 aromatic carbocycles. The van der Waals surface area contributed by atoms with Crippen molar-refractivity contribution in [2.45, 2.75) is 13.3 Å². The lowest BCUT2D eigenvalue weighted by Crippen LogP contribution is -2.27. The van der Waals surface area contributed by atoms with E-state index in [0.29, 0.717) is 30.3 Å². The predicted molar refractivity (Wildman–Crippen MR) is 51.4 cm³/mol. The Bertz CT molecular complexity index is 259. The second kappa shape index (κ2) is 3.73. The standard InChI is InChI=1S/C11H16O3/c1-7(13)14-6-11-9-3-2-8(4-9)10(11)5-12/h2-3,8-12H,4-6H2,1H3. The first-order chi connectivity index (χ1) is 6.72. The summed E-state index contributed by atoms with van der Waals surface area (Å²) in [6.07, 6.45) is 5.51. The Morgan fingerprint density at radius 3 is 2.64 bits per heavy atom. The molecule has 3 heteroatoms. The Hall–Kier alpha value is -0.830. The lowest BCUT2D eigenvalue weighted by molar-refractivity contribution is -0.143. The van der Waals surface area contributed by atoms with E-state index in [1.807, 2.05) is 0 Å². The van der Waals surface area contributed by atoms with Crippen LogP contribution in [0.4, 0.5) is 0 Å². The number of ether oxygens (including phenoxy) is 1. The quantitative estimate of drug-likeness (QED) is 0.540. The highest BCUT2D eigenvalue weighted by molar-refractivity contribution is 5.65. The summed E-state index contributed by atoms with van der Waals surface area (Å²) in [5, 5.41) is 9.25. The third-order valence-electron chi connectivity index (χ3n) is 3.49. The van der Waals surface area contributed by atoms with Gasteiger partial charge in [-0.15, -0.1) is 0 Å². The summed E-state index contributed by atoms with van der Waals surface area (Å²) in [6.45, 7) is 2.10. The first-order valence-electron chi connectivity index (χ1n) is 5.15. The molecule has 0 amide bonds. The van der Waals surface area contributed by atoms with Crippen LogP contribution in [-0.4, -0.2) is 24.3 Å². The Morgan fingerprint density at radius 1 is 1.43 bits per heavy atom. The van der Waals surface area contributed by atoms with E-state index in [1.165, 1.54) is 6.92 Å². The van der Waals surface area contributed by atoms with Gasteiger partial charge < -0.3 is 9.84 Å². The SMILES string of the molecule is CC(=O)OCC1C2C=CC(C2)C1CO. The summed E-state index contributed by atoms with van der Waals surface area (Å²) < 4.78 is 5.03. The lowest BCUT2D eigenvalue weighted by Gasteiger charge is -2.25. The van der Waals surface area contributed by atoms with E-state index >= 15 is 0 Å². The van der Waals surface area contributed by atoms with Crippen LogP contribution in [0.3, 0.4) is 0 Å². The summed E-state index contributed by atoms with van der Waals surface area (Å²) in [4.78, 5) is 10.7. The third-order valence-corrected chi connectivity index (χ3v) is 3.49. The highest BCUT2D eigenvalue weighted by Gasteiger charge is 2.44. The van der Waals surface area contributed by atoms with Gasteiger partial charge in [0.2, 0.25) is 0 Å². The van der Waals surface area contributed by atoms with Crippen LogP contribution in [0.25, 0.3) is 0 Å². The maximum absolute atomic E-state index is 10.7. The Kier molecular flexibility index (Phi) is 2.59. The molecule has 78 valence electrons. The van der Waals surface area contributed by atoms with Crippen molar-refractivity contribution in [2.24, 2.45) is 23.7 Å². The topological polar surface area (TPSA) is 46.5 Å². The van der Waals surface area contributed by atoms with Gasteiger partial charge in [0.15, 0.2) is 0 Å². The molecule has 2 rings (SSSR count). The molecule has 3 nitrogen and oxygen atoms in total. The summed E-state index contributed by atoms with van der Waals surface area (Å²) in [6, 6.07) is 0. The van der Waals surface area contributed by atoms with E-state index in [1.54, 1.807) is 0 Å². The maximum Gasteiger partial charge on any atom is 0.302 e. The van der Waals surface area contributed by atoms with Gasteiger partial charge in [-0.25, -0.2) is 0 Å². The van der Waals surface area contributed by atoms with Crippen LogP contribution in [0, 0.1) is 23.7 Å². The molecule has 2 bridgehead atoms. The molecule has 0 aliphatic heterocycles. The van der Waals surface area contributed by atoms with Gasteiger partial charge in [-0.2, -0.15) is 0 Å². The number of allylic oxidation sites excluding steroid dienone is 2. The molecule has 14 heavy (non-hydrogen) atoms. The number of hydrogen-bond donors (Lipinski definition) is 1. The van der Waals surface area contributed by atoms with Crippen molar-refractivity contribution in [2.75, 3.05) is 13.2 Å². The van der Waals surface area contributed by atoms with Gasteiger partial charge in [0.05, 0.1) is 6.61 Å². The Balaban J connectivity index is 1.97. The molecule has 1 saturated carbocycles. The molecule has 2 aliphatic carbocycles. The van der Waals surface area contributed by atoms with E-state index in [0.717, 1.165) is 6.42 Å². The molecule has 1 N–H and O–H groups in total. The number of carbonyl (C=O) groups is 1. The van der Waals surface area contributed by atoms with Gasteiger partial charge in [0.25, 0.3) is 0 Å². The molecule has 1 fully saturated rings. The smallest absolute Gasteiger partial charge is 0.302 e. The van der Waals surface area contributed by atoms with Crippen LogP contribution in [0.2, 0.25) is 0 Å². The van der Waals surface area contributed by atoms with E-state index in [2.05, 4.69) is 12.2 Å². The number of fused-ring (bicyclic) bond motifs is 2. The van der Waals surface area contributed by atoms with Crippen LogP contribution < -0.4 is 0 Å². The third kappa shape index (κ3) is 1.57. The highest BCUT2D eigenvalue weighted by Crippen LogP contribution is 2.47. The monoisotopic (exact) mass is 196 g/mol. The van der Waals surface area contributed by atoms with Gasteiger partial charge in [-0.3, -0.25) is 4.79 Å². The Labute approximate surface area is 83.8 Å². The minimum absolute atomic E-state index is 0.206. The summed E-state index contributed by atoms with van der Waals surface area (Å²) in [7, 11) is 0. The molecule has 0 radical (unpaired) electrons. The number of hydrogen-bond acceptors (Lipinski definition) is 3. The molecule has 0 saturated heterocycles. The average Bonchev–Trinajstić information content (AvgIpc) is 2.72. The van der Waals surface area contributed by atoms with E-state index in [-0.39, 0.29) is 12.6 Å². The lowest BCUT2D eigenvalue weighted by atomic mass is 9.84. The van der Waals surface area contributed by atoms with Crippen LogP contribution in [-0.2, 0) is 9.53 Å². The zero-order valence-electron chi connectivity index (χ0n) is 8.35. The summed E-state index contributed by atoms with van der Waals surface area (Å²) in [5.74, 6) is 1.42. The summed E-state index contributed by atoms with van der Waals surface area (Å²) in [5.41, 5.74) is 0. The molecule has 0 heterocycles. The van der Waals surface area contributed by atoms with Crippen molar-refractivity contribution in [1.82, 2.24) is 0 Å². The fraction of sp³-hybridized carbons (Fsp3) is 0.727. The minimum atomic E-state index is -0.228. The van der Waals surface area contributed by atoms with Gasteiger partial charge in [-0.1, -0.05) is 12.2 Å². The number of aliphatic hydroxyl groups is 1. The predicted octanol–water partition coefficient (Wildman–Crippen LogP) is 0.980. The van der Waals surface area contributed by atoms with Crippen LogP contribution >= 0.6 is 0 Å². The molecule has 4 unspecified atom stereocenters. The van der Waals surface area contributed by atoms with Crippen molar-refractivity contribution in [3.63, 3.8) is 0 Å². The minimum Gasteiger partial charge on any atom is -0.466 e. The van der Waals surface area contributed by atoms with E-state index in [4.69, 9.17) is 4.74 Å². The molecular weight excluding hydrogens is 180 g/mol.